The number of benzene rings is 1. The molecule has 1 aliphatic carbocycles. The van der Waals surface area contributed by atoms with Gasteiger partial charge in [-0.05, 0) is 75.9 Å². The molecule has 2 aliphatic rings. The number of rotatable bonds is 7. The van der Waals surface area contributed by atoms with Crippen LogP contribution in [0.4, 0.5) is 0 Å². The molecule has 7 nitrogen and oxygen atoms in total. The highest BCUT2D eigenvalue weighted by Gasteiger charge is 2.44. The Morgan fingerprint density at radius 3 is 2.39 bits per heavy atom. The van der Waals surface area contributed by atoms with E-state index in [2.05, 4.69) is 24.3 Å². The first-order valence-corrected chi connectivity index (χ1v) is 11.4. The summed E-state index contributed by atoms with van der Waals surface area (Å²) in [7, 11) is 0.503. The van der Waals surface area contributed by atoms with Gasteiger partial charge in [-0.2, -0.15) is 0 Å². The Morgan fingerprint density at radius 2 is 1.86 bits per heavy atom. The number of primary amides is 1. The van der Waals surface area contributed by atoms with Crippen molar-refractivity contribution in [2.24, 2.45) is 5.73 Å². The second-order valence-electron chi connectivity index (χ2n) is 8.32. The van der Waals surface area contributed by atoms with Crippen molar-refractivity contribution in [2.45, 2.75) is 48.8 Å². The second-order valence-corrected chi connectivity index (χ2v) is 10.6. The highest BCUT2D eigenvalue weighted by molar-refractivity contribution is 7.92. The average Bonchev–Trinajstić information content (AvgIpc) is 3.40. The van der Waals surface area contributed by atoms with Crippen LogP contribution in [0.15, 0.2) is 24.3 Å². The number of nitrogens with zero attached hydrogens (tertiary/aromatic N) is 1. The van der Waals surface area contributed by atoms with Crippen molar-refractivity contribution in [3.8, 4) is 0 Å². The minimum Gasteiger partial charge on any atom is -0.368 e. The van der Waals surface area contributed by atoms with E-state index in [1.807, 2.05) is 12.1 Å². The lowest BCUT2D eigenvalue weighted by Crippen LogP contribution is -2.55. The van der Waals surface area contributed by atoms with Crippen LogP contribution in [0.3, 0.4) is 0 Å². The van der Waals surface area contributed by atoms with Crippen molar-refractivity contribution < 1.29 is 18.0 Å². The first kappa shape index (κ1) is 20.8. The summed E-state index contributed by atoms with van der Waals surface area (Å²) >= 11 is 0. The Bertz CT molecular complexity index is 845. The Kier molecular flexibility index (Phi) is 5.82. The molecule has 28 heavy (non-hydrogen) atoms. The van der Waals surface area contributed by atoms with E-state index >= 15 is 0 Å². The topological polar surface area (TPSA) is 110 Å². The van der Waals surface area contributed by atoms with Gasteiger partial charge in [0.2, 0.25) is 5.91 Å². The maximum absolute atomic E-state index is 12.6. The summed E-state index contributed by atoms with van der Waals surface area (Å²) in [6.45, 7) is 1.02. The summed E-state index contributed by atoms with van der Waals surface area (Å²) < 4.78 is 24.3. The smallest absolute Gasteiger partial charge is 0.251 e. The van der Waals surface area contributed by atoms with Crippen LogP contribution in [-0.2, 0) is 20.0 Å². The summed E-state index contributed by atoms with van der Waals surface area (Å²) in [5.41, 5.74) is 7.21. The monoisotopic (exact) mass is 407 g/mol. The SMILES string of the molecule is CN(C)CCC1(c2ccc(C(=O)NC3CCCS(=O)(=O)C3C(N)=O)cc2)CC1. The van der Waals surface area contributed by atoms with E-state index in [9.17, 15) is 18.0 Å². The summed E-state index contributed by atoms with van der Waals surface area (Å²) in [6, 6.07) is 6.74. The van der Waals surface area contributed by atoms with Crippen LogP contribution < -0.4 is 11.1 Å². The van der Waals surface area contributed by atoms with Crippen LogP contribution in [0.5, 0.6) is 0 Å². The molecule has 1 saturated heterocycles. The average molecular weight is 408 g/mol. The molecule has 8 heteroatoms. The molecular weight excluding hydrogens is 378 g/mol. The van der Waals surface area contributed by atoms with E-state index in [0.717, 1.165) is 25.8 Å². The van der Waals surface area contributed by atoms with Crippen molar-refractivity contribution in [2.75, 3.05) is 26.4 Å². The van der Waals surface area contributed by atoms with Crippen molar-refractivity contribution in [1.82, 2.24) is 10.2 Å². The molecule has 1 aliphatic heterocycles. The van der Waals surface area contributed by atoms with E-state index in [0.29, 0.717) is 18.4 Å². The molecule has 0 bridgehead atoms. The van der Waals surface area contributed by atoms with Crippen LogP contribution in [0.25, 0.3) is 0 Å². The number of sulfone groups is 1. The molecule has 0 aromatic heterocycles. The number of nitrogens with two attached hydrogens (primary N) is 1. The zero-order valence-electron chi connectivity index (χ0n) is 16.5. The molecule has 2 atom stereocenters. The number of hydrogen-bond acceptors (Lipinski definition) is 5. The largest absolute Gasteiger partial charge is 0.368 e. The molecule has 154 valence electrons. The third-order valence-electron chi connectivity index (χ3n) is 5.94. The Balaban J connectivity index is 1.69. The molecule has 1 saturated carbocycles. The quantitative estimate of drug-likeness (QED) is 0.696. The third kappa shape index (κ3) is 4.38. The zero-order valence-corrected chi connectivity index (χ0v) is 17.3. The van der Waals surface area contributed by atoms with Crippen LogP contribution in [-0.4, -0.2) is 62.8 Å². The summed E-state index contributed by atoms with van der Waals surface area (Å²) in [5, 5.41) is 1.35. The molecule has 0 radical (unpaired) electrons. The molecule has 2 unspecified atom stereocenters. The lowest BCUT2D eigenvalue weighted by molar-refractivity contribution is -0.118. The van der Waals surface area contributed by atoms with Crippen LogP contribution in [0, 0.1) is 0 Å². The molecular formula is C20H29N3O4S. The van der Waals surface area contributed by atoms with E-state index in [1.54, 1.807) is 12.1 Å². The maximum atomic E-state index is 12.6. The Labute approximate surface area is 166 Å². The Hall–Kier alpha value is -1.93. The zero-order chi connectivity index (χ0) is 20.5. The molecule has 1 aromatic rings. The lowest BCUT2D eigenvalue weighted by Gasteiger charge is -2.29. The number of nitrogens with one attached hydrogen (secondary N) is 1. The van der Waals surface area contributed by atoms with Gasteiger partial charge in [-0.25, -0.2) is 8.42 Å². The van der Waals surface area contributed by atoms with Crippen molar-refractivity contribution in [3.63, 3.8) is 0 Å². The van der Waals surface area contributed by atoms with Gasteiger partial charge >= 0.3 is 0 Å². The van der Waals surface area contributed by atoms with E-state index in [-0.39, 0.29) is 17.1 Å². The summed E-state index contributed by atoms with van der Waals surface area (Å²) in [6.07, 6.45) is 4.24. The predicted octanol–water partition coefficient (Wildman–Crippen LogP) is 0.831. The van der Waals surface area contributed by atoms with Gasteiger partial charge in [0, 0.05) is 5.56 Å². The lowest BCUT2D eigenvalue weighted by atomic mass is 9.91. The van der Waals surface area contributed by atoms with Gasteiger partial charge in [0.05, 0.1) is 11.8 Å². The molecule has 3 N–H and O–H groups in total. The fourth-order valence-corrected chi connectivity index (χ4v) is 5.94. The predicted molar refractivity (Wildman–Crippen MR) is 108 cm³/mol. The normalized spacial score (nSPS) is 25.2. The van der Waals surface area contributed by atoms with Crippen molar-refractivity contribution in [3.05, 3.63) is 35.4 Å². The van der Waals surface area contributed by atoms with E-state index < -0.39 is 27.0 Å². The fraction of sp³-hybridized carbons (Fsp3) is 0.600. The van der Waals surface area contributed by atoms with Gasteiger partial charge in [0.1, 0.15) is 0 Å². The third-order valence-corrected chi connectivity index (χ3v) is 8.14. The van der Waals surface area contributed by atoms with E-state index in [1.165, 1.54) is 5.56 Å². The van der Waals surface area contributed by atoms with Gasteiger partial charge in [-0.3, -0.25) is 9.59 Å². The van der Waals surface area contributed by atoms with Gasteiger partial charge in [-0.1, -0.05) is 12.1 Å². The standard InChI is InChI=1S/C20H29N3O4S/c1-23(2)12-11-20(9-10-20)15-7-5-14(6-8-15)19(25)22-16-4-3-13-28(26,27)17(16)18(21)24/h5-8,16-17H,3-4,9-13H2,1-2H3,(H2,21,24)(H,22,25). The van der Waals surface area contributed by atoms with Gasteiger partial charge in [0.25, 0.3) is 5.91 Å². The van der Waals surface area contributed by atoms with E-state index in [4.69, 9.17) is 5.73 Å². The molecule has 3 rings (SSSR count). The van der Waals surface area contributed by atoms with Crippen molar-refractivity contribution in [1.29, 1.82) is 0 Å². The fourth-order valence-electron chi connectivity index (χ4n) is 4.05. The highest BCUT2D eigenvalue weighted by Crippen LogP contribution is 2.51. The van der Waals surface area contributed by atoms with Crippen LogP contribution >= 0.6 is 0 Å². The molecule has 1 aromatic carbocycles. The molecule has 1 heterocycles. The molecule has 2 fully saturated rings. The summed E-state index contributed by atoms with van der Waals surface area (Å²) in [5.74, 6) is -1.36. The number of carbonyl (C=O) groups excluding carboxylic acids is 2. The minimum atomic E-state index is -3.62. The minimum absolute atomic E-state index is 0.0727. The van der Waals surface area contributed by atoms with Crippen molar-refractivity contribution >= 4 is 21.7 Å². The first-order valence-electron chi connectivity index (χ1n) is 9.72. The highest BCUT2D eigenvalue weighted by atomic mass is 32.2. The molecule has 0 spiro atoms. The van der Waals surface area contributed by atoms with Crippen LogP contribution in [0.1, 0.15) is 48.0 Å². The Morgan fingerprint density at radius 1 is 1.21 bits per heavy atom. The number of carbonyl (C=O) groups is 2. The number of hydrogen-bond donors (Lipinski definition) is 2. The van der Waals surface area contributed by atoms with Gasteiger partial charge in [0.15, 0.2) is 15.1 Å². The second kappa shape index (κ2) is 7.83. The summed E-state index contributed by atoms with van der Waals surface area (Å²) in [4.78, 5) is 26.5. The first-order chi connectivity index (χ1) is 13.1. The number of amides is 2. The molecule has 2 amide bonds. The van der Waals surface area contributed by atoms with Crippen LogP contribution in [0.2, 0.25) is 0 Å². The van der Waals surface area contributed by atoms with Gasteiger partial charge < -0.3 is 16.0 Å². The maximum Gasteiger partial charge on any atom is 0.251 e. The van der Waals surface area contributed by atoms with Gasteiger partial charge in [-0.15, -0.1) is 0 Å².